The fourth-order valence-corrected chi connectivity index (χ4v) is 2.62. The third-order valence-corrected chi connectivity index (χ3v) is 4.20. The van der Waals surface area contributed by atoms with E-state index >= 15 is 0 Å². The Hall–Kier alpha value is -0.883. The van der Waals surface area contributed by atoms with Crippen LogP contribution in [0.2, 0.25) is 0 Å². The van der Waals surface area contributed by atoms with Crippen LogP contribution in [0.15, 0.2) is 24.3 Å². The molecule has 0 amide bonds. The molecule has 78 valence electrons. The number of hydrogen-bond donors (Lipinski definition) is 1. The lowest BCUT2D eigenvalue weighted by Gasteiger charge is -2.21. The van der Waals surface area contributed by atoms with Crippen molar-refractivity contribution in [3.05, 3.63) is 24.3 Å². The molecule has 0 unspecified atom stereocenters. The third kappa shape index (κ3) is 1.96. The first-order valence-corrected chi connectivity index (χ1v) is 5.90. The molecule has 0 saturated heterocycles. The highest BCUT2D eigenvalue weighted by Crippen LogP contribution is 2.12. The van der Waals surface area contributed by atoms with Crippen LogP contribution in [0.4, 0.5) is 0 Å². The predicted octanol–water partition coefficient (Wildman–Crippen LogP) is 0.126. The summed E-state index contributed by atoms with van der Waals surface area (Å²) in [6, 6.07) is 7.11. The fourth-order valence-electron chi connectivity index (χ4n) is 1.21. The van der Waals surface area contributed by atoms with Crippen molar-refractivity contribution in [2.24, 2.45) is 0 Å². The molecule has 4 nitrogen and oxygen atoms in total. The lowest BCUT2D eigenvalue weighted by atomic mass is 10.3. The maximum absolute atomic E-state index is 10.0. The molecule has 1 aromatic carbocycles. The zero-order chi connectivity index (χ0) is 10.6. The van der Waals surface area contributed by atoms with E-state index in [4.69, 9.17) is 13.6 Å². The van der Waals surface area contributed by atoms with Gasteiger partial charge in [-0.3, -0.25) is 0 Å². The highest BCUT2D eigenvalue weighted by Gasteiger charge is 2.40. The van der Waals surface area contributed by atoms with E-state index in [-0.39, 0.29) is 0 Å². The first-order chi connectivity index (χ1) is 6.68. The van der Waals surface area contributed by atoms with Crippen molar-refractivity contribution in [2.45, 2.75) is 0 Å². The largest absolute Gasteiger partial charge is 0.537 e. The van der Waals surface area contributed by atoms with Gasteiger partial charge >= 0.3 is 8.80 Å². The molecule has 5 heteroatoms. The molecular weight excluding hydrogens is 200 g/mol. The maximum atomic E-state index is 10.0. The minimum atomic E-state index is -3.26. The first-order valence-electron chi connectivity index (χ1n) is 4.14. The van der Waals surface area contributed by atoms with Gasteiger partial charge < -0.3 is 18.4 Å². The molecule has 1 N–H and O–H groups in total. The lowest BCUT2D eigenvalue weighted by molar-refractivity contribution is 0.168. The Kier molecular flexibility index (Phi) is 3.65. The van der Waals surface area contributed by atoms with Crippen LogP contribution in [0.5, 0.6) is 5.75 Å². The van der Waals surface area contributed by atoms with Gasteiger partial charge in [0.2, 0.25) is 0 Å². The van der Waals surface area contributed by atoms with Gasteiger partial charge in [-0.1, -0.05) is 18.2 Å². The molecule has 0 bridgehead atoms. The summed E-state index contributed by atoms with van der Waals surface area (Å²) in [5.41, 5.74) is 0. The van der Waals surface area contributed by atoms with Crippen molar-refractivity contribution in [1.29, 1.82) is 0 Å². The van der Waals surface area contributed by atoms with Crippen LogP contribution in [0.25, 0.3) is 0 Å². The van der Waals surface area contributed by atoms with Crippen molar-refractivity contribution in [1.82, 2.24) is 0 Å². The summed E-state index contributed by atoms with van der Waals surface area (Å²) in [5.74, 6) is 0.574. The fraction of sp³-hybridized carbons (Fsp3) is 0.333. The van der Waals surface area contributed by atoms with E-state index in [9.17, 15) is 4.80 Å². The summed E-state index contributed by atoms with van der Waals surface area (Å²) in [6.07, 6.45) is 0. The van der Waals surface area contributed by atoms with Gasteiger partial charge in [0.15, 0.2) is 0 Å². The Morgan fingerprint density at radius 3 is 2.14 bits per heavy atom. The number of rotatable bonds is 4. The first kappa shape index (κ1) is 11.2. The number of methoxy groups -OCH3 is 1. The highest BCUT2D eigenvalue weighted by atomic mass is 28.4. The highest BCUT2D eigenvalue weighted by molar-refractivity contribution is 6.74. The molecule has 0 saturated carbocycles. The van der Waals surface area contributed by atoms with Crippen LogP contribution in [0.3, 0.4) is 0 Å². The SMILES string of the molecule is COc1ccccc1[Si](O)(OC)OC. The van der Waals surface area contributed by atoms with Crippen molar-refractivity contribution >= 4 is 14.0 Å². The van der Waals surface area contributed by atoms with E-state index in [1.807, 2.05) is 6.07 Å². The molecule has 1 aromatic rings. The molecule has 14 heavy (non-hydrogen) atoms. The quantitative estimate of drug-likeness (QED) is 0.724. The van der Waals surface area contributed by atoms with Crippen molar-refractivity contribution in [3.8, 4) is 5.75 Å². The number of hydrogen-bond acceptors (Lipinski definition) is 4. The van der Waals surface area contributed by atoms with E-state index in [2.05, 4.69) is 0 Å². The smallest absolute Gasteiger partial charge is 0.497 e. The van der Waals surface area contributed by atoms with Crippen molar-refractivity contribution < 1.29 is 18.4 Å². The van der Waals surface area contributed by atoms with E-state index < -0.39 is 8.80 Å². The second-order valence-electron chi connectivity index (χ2n) is 2.69. The molecule has 0 spiro atoms. The molecule has 0 aliphatic rings. The monoisotopic (exact) mass is 214 g/mol. The zero-order valence-electron chi connectivity index (χ0n) is 8.48. The van der Waals surface area contributed by atoms with Gasteiger partial charge in [0.1, 0.15) is 5.75 Å². The van der Waals surface area contributed by atoms with Crippen molar-refractivity contribution in [2.75, 3.05) is 21.3 Å². The Morgan fingerprint density at radius 1 is 1.07 bits per heavy atom. The van der Waals surface area contributed by atoms with Gasteiger partial charge in [-0.05, 0) is 6.07 Å². The Morgan fingerprint density at radius 2 is 1.64 bits per heavy atom. The van der Waals surface area contributed by atoms with Gasteiger partial charge in [0, 0.05) is 14.2 Å². The van der Waals surface area contributed by atoms with E-state index in [1.54, 1.807) is 25.3 Å². The number of para-hydroxylation sites is 1. The molecular formula is C9H14O4Si. The van der Waals surface area contributed by atoms with E-state index in [1.165, 1.54) is 14.2 Å². The topological polar surface area (TPSA) is 47.9 Å². The zero-order valence-corrected chi connectivity index (χ0v) is 9.48. The molecule has 0 fully saturated rings. The van der Waals surface area contributed by atoms with Gasteiger partial charge in [-0.15, -0.1) is 0 Å². The van der Waals surface area contributed by atoms with E-state index in [0.717, 1.165) is 0 Å². The summed E-state index contributed by atoms with van der Waals surface area (Å²) < 4.78 is 15.1. The summed E-state index contributed by atoms with van der Waals surface area (Å²) >= 11 is 0. The third-order valence-electron chi connectivity index (χ3n) is 2.00. The molecule has 0 aliphatic carbocycles. The summed E-state index contributed by atoms with van der Waals surface area (Å²) in [4.78, 5) is 10.0. The van der Waals surface area contributed by atoms with Crippen LogP contribution in [0, 0.1) is 0 Å². The maximum Gasteiger partial charge on any atom is 0.537 e. The molecule has 0 radical (unpaired) electrons. The molecule has 0 aromatic heterocycles. The molecule has 0 aliphatic heterocycles. The van der Waals surface area contributed by atoms with Crippen LogP contribution in [-0.4, -0.2) is 34.9 Å². The Balaban J connectivity index is 3.15. The van der Waals surface area contributed by atoms with Gasteiger partial charge in [0.25, 0.3) is 0 Å². The van der Waals surface area contributed by atoms with Gasteiger partial charge in [0.05, 0.1) is 12.3 Å². The Labute approximate surface area is 84.4 Å². The standard InChI is InChI=1S/C9H14O4Si/c1-11-8-6-4-5-7-9(8)14(10,12-2)13-3/h4-7,10H,1-3H3. The minimum Gasteiger partial charge on any atom is -0.497 e. The average molecular weight is 214 g/mol. The summed E-state index contributed by atoms with van der Waals surface area (Å²) in [7, 11) is 1.11. The molecule has 0 heterocycles. The van der Waals surface area contributed by atoms with E-state index in [0.29, 0.717) is 10.9 Å². The number of ether oxygens (including phenoxy) is 1. The summed E-state index contributed by atoms with van der Waals surface area (Å²) in [6.45, 7) is 0. The molecule has 0 atom stereocenters. The van der Waals surface area contributed by atoms with Crippen molar-refractivity contribution in [3.63, 3.8) is 0 Å². The molecule has 1 rings (SSSR count). The minimum absolute atomic E-state index is 0.574. The second kappa shape index (κ2) is 4.56. The number of benzene rings is 1. The summed E-state index contributed by atoms with van der Waals surface area (Å²) in [5, 5.41) is 0.576. The van der Waals surface area contributed by atoms with Crippen LogP contribution in [0.1, 0.15) is 0 Å². The van der Waals surface area contributed by atoms with Crippen LogP contribution in [-0.2, 0) is 8.85 Å². The predicted molar refractivity (Wildman–Crippen MR) is 54.6 cm³/mol. The van der Waals surface area contributed by atoms with Crippen LogP contribution >= 0.6 is 0 Å². The lowest BCUT2D eigenvalue weighted by Crippen LogP contribution is -2.53. The average Bonchev–Trinajstić information content (AvgIpc) is 2.28. The van der Waals surface area contributed by atoms with Gasteiger partial charge in [-0.25, -0.2) is 0 Å². The normalized spacial score (nSPS) is 11.4. The second-order valence-corrected chi connectivity index (χ2v) is 5.21. The van der Waals surface area contributed by atoms with Gasteiger partial charge in [-0.2, -0.15) is 0 Å². The van der Waals surface area contributed by atoms with Crippen LogP contribution < -0.4 is 9.92 Å². The Bertz CT molecular complexity index is 299.